The fourth-order valence-electron chi connectivity index (χ4n) is 1.99. The molecule has 0 atom stereocenters. The highest BCUT2D eigenvalue weighted by Crippen LogP contribution is 2.26. The molecule has 0 fully saturated rings. The molecule has 1 aromatic carbocycles. The van der Waals surface area contributed by atoms with Crippen molar-refractivity contribution in [2.24, 2.45) is 5.41 Å². The summed E-state index contributed by atoms with van der Waals surface area (Å²) in [6.45, 7) is 3.39. The van der Waals surface area contributed by atoms with Gasteiger partial charge >= 0.3 is 5.97 Å². The number of hydrogen-bond acceptors (Lipinski definition) is 4. The molecule has 0 spiro atoms. The van der Waals surface area contributed by atoms with Crippen LogP contribution in [0, 0.1) is 5.41 Å². The Hall–Kier alpha value is -2.09. The highest BCUT2D eigenvalue weighted by Gasteiger charge is 2.25. The smallest absolute Gasteiger partial charge is 0.303 e. The molecular formula is C14H20N2O5S. The second kappa shape index (κ2) is 6.78. The molecule has 3 N–H and O–H groups in total. The van der Waals surface area contributed by atoms with Gasteiger partial charge in [-0.05, 0) is 23.6 Å². The van der Waals surface area contributed by atoms with Crippen LogP contribution in [-0.2, 0) is 19.6 Å². The van der Waals surface area contributed by atoms with Crippen molar-refractivity contribution in [1.82, 2.24) is 0 Å². The molecule has 122 valence electrons. The van der Waals surface area contributed by atoms with E-state index in [1.807, 2.05) is 0 Å². The molecule has 1 amide bonds. The van der Waals surface area contributed by atoms with Gasteiger partial charge in [0.2, 0.25) is 15.9 Å². The maximum atomic E-state index is 12.0. The Kier molecular flexibility index (Phi) is 5.54. The Balaban J connectivity index is 2.73. The van der Waals surface area contributed by atoms with Gasteiger partial charge in [-0.3, -0.25) is 14.3 Å². The van der Waals surface area contributed by atoms with E-state index in [2.05, 4.69) is 10.0 Å². The number of aliphatic carboxylic acids is 1. The summed E-state index contributed by atoms with van der Waals surface area (Å²) in [6.07, 6.45) is 0.964. The van der Waals surface area contributed by atoms with Gasteiger partial charge in [-0.25, -0.2) is 8.42 Å². The maximum Gasteiger partial charge on any atom is 0.303 e. The van der Waals surface area contributed by atoms with Gasteiger partial charge in [-0.15, -0.1) is 0 Å². The molecule has 1 rings (SSSR count). The third kappa shape index (κ3) is 7.07. The van der Waals surface area contributed by atoms with Gasteiger partial charge in [0.25, 0.3) is 0 Å². The summed E-state index contributed by atoms with van der Waals surface area (Å²) in [5, 5.41) is 11.4. The van der Waals surface area contributed by atoms with Crippen molar-refractivity contribution >= 4 is 33.3 Å². The molecule has 0 radical (unpaired) electrons. The van der Waals surface area contributed by atoms with E-state index in [0.717, 1.165) is 6.26 Å². The summed E-state index contributed by atoms with van der Waals surface area (Å²) in [6, 6.07) is 6.27. The van der Waals surface area contributed by atoms with Gasteiger partial charge < -0.3 is 10.4 Å². The van der Waals surface area contributed by atoms with Gasteiger partial charge in [0.1, 0.15) is 0 Å². The summed E-state index contributed by atoms with van der Waals surface area (Å²) in [7, 11) is -3.39. The van der Waals surface area contributed by atoms with Gasteiger partial charge in [0, 0.05) is 12.1 Å². The molecule has 0 heterocycles. The number of carbonyl (C=O) groups is 2. The first-order valence-electron chi connectivity index (χ1n) is 6.56. The number of carboxylic acid groups (broad SMARTS) is 1. The van der Waals surface area contributed by atoms with Crippen LogP contribution >= 0.6 is 0 Å². The first kappa shape index (κ1) is 18.0. The predicted octanol–water partition coefficient (Wildman–Crippen LogP) is 1.89. The highest BCUT2D eigenvalue weighted by molar-refractivity contribution is 7.92. The Morgan fingerprint density at radius 2 is 1.77 bits per heavy atom. The SMILES string of the molecule is CC(C)(CC(=O)O)CC(=O)Nc1cccc(NS(C)(=O)=O)c1. The van der Waals surface area contributed by atoms with E-state index in [4.69, 9.17) is 5.11 Å². The number of anilines is 2. The lowest BCUT2D eigenvalue weighted by Gasteiger charge is -2.21. The van der Waals surface area contributed by atoms with Crippen molar-refractivity contribution < 1.29 is 23.1 Å². The summed E-state index contributed by atoms with van der Waals surface area (Å²) in [5.74, 6) is -1.29. The monoisotopic (exact) mass is 328 g/mol. The highest BCUT2D eigenvalue weighted by atomic mass is 32.2. The van der Waals surface area contributed by atoms with Crippen LogP contribution in [0.2, 0.25) is 0 Å². The minimum Gasteiger partial charge on any atom is -0.481 e. The zero-order valence-corrected chi connectivity index (χ0v) is 13.5. The average molecular weight is 328 g/mol. The van der Waals surface area contributed by atoms with Crippen molar-refractivity contribution in [1.29, 1.82) is 0 Å². The Bertz CT molecular complexity index is 668. The standard InChI is InChI=1S/C14H20N2O5S/c1-14(2,9-13(18)19)8-12(17)15-10-5-4-6-11(7-10)16-22(3,20)21/h4-7,16H,8-9H2,1-3H3,(H,15,17)(H,18,19). The minimum absolute atomic E-state index is 0.0447. The van der Waals surface area contributed by atoms with Crippen molar-refractivity contribution in [3.8, 4) is 0 Å². The number of amides is 1. The molecule has 0 aliphatic carbocycles. The van der Waals surface area contributed by atoms with Crippen molar-refractivity contribution in [3.05, 3.63) is 24.3 Å². The minimum atomic E-state index is -3.39. The van der Waals surface area contributed by atoms with Gasteiger partial charge in [0.05, 0.1) is 18.4 Å². The lowest BCUT2D eigenvalue weighted by molar-refractivity contribution is -0.139. The molecule has 0 aromatic heterocycles. The second-order valence-electron chi connectivity index (χ2n) is 5.91. The third-order valence-corrected chi connectivity index (χ3v) is 3.32. The number of rotatable bonds is 7. The molecule has 7 nitrogen and oxygen atoms in total. The van der Waals surface area contributed by atoms with Gasteiger partial charge in [-0.1, -0.05) is 19.9 Å². The first-order valence-corrected chi connectivity index (χ1v) is 8.45. The number of hydrogen-bond donors (Lipinski definition) is 3. The topological polar surface area (TPSA) is 113 Å². The van der Waals surface area contributed by atoms with Crippen molar-refractivity contribution in [2.45, 2.75) is 26.7 Å². The molecule has 0 aliphatic heterocycles. The summed E-state index contributed by atoms with van der Waals surface area (Å²) in [5.41, 5.74) is 0.105. The van der Waals surface area contributed by atoms with Crippen molar-refractivity contribution in [2.75, 3.05) is 16.3 Å². The van der Waals surface area contributed by atoms with Crippen LogP contribution in [0.25, 0.3) is 0 Å². The summed E-state index contributed by atoms with van der Waals surface area (Å²) >= 11 is 0. The van der Waals surface area contributed by atoms with Gasteiger partial charge in [-0.2, -0.15) is 0 Å². The molecule has 0 saturated carbocycles. The molecule has 8 heteroatoms. The van der Waals surface area contributed by atoms with Crippen LogP contribution in [0.3, 0.4) is 0 Å². The fourth-order valence-corrected chi connectivity index (χ4v) is 2.54. The van der Waals surface area contributed by atoms with E-state index in [0.29, 0.717) is 11.4 Å². The molecule has 0 unspecified atom stereocenters. The fraction of sp³-hybridized carbons (Fsp3) is 0.429. The number of sulfonamides is 1. The molecular weight excluding hydrogens is 308 g/mol. The van der Waals surface area contributed by atoms with Crippen LogP contribution in [0.1, 0.15) is 26.7 Å². The van der Waals surface area contributed by atoms with E-state index in [9.17, 15) is 18.0 Å². The van der Waals surface area contributed by atoms with Crippen LogP contribution < -0.4 is 10.0 Å². The maximum absolute atomic E-state index is 12.0. The number of nitrogens with one attached hydrogen (secondary N) is 2. The average Bonchev–Trinajstić information content (AvgIpc) is 2.23. The van der Waals surface area contributed by atoms with Crippen LogP contribution in [0.4, 0.5) is 11.4 Å². The molecule has 0 aliphatic rings. The summed E-state index contributed by atoms with van der Waals surface area (Å²) in [4.78, 5) is 22.7. The lowest BCUT2D eigenvalue weighted by Crippen LogP contribution is -2.24. The van der Waals surface area contributed by atoms with Crippen LogP contribution in [0.5, 0.6) is 0 Å². The zero-order chi connectivity index (χ0) is 17.0. The van der Waals surface area contributed by atoms with E-state index < -0.39 is 21.4 Å². The third-order valence-electron chi connectivity index (χ3n) is 2.72. The van der Waals surface area contributed by atoms with Crippen LogP contribution in [-0.4, -0.2) is 31.7 Å². The Morgan fingerprint density at radius 1 is 1.18 bits per heavy atom. The first-order chi connectivity index (χ1) is 9.97. The number of carbonyl (C=O) groups excluding carboxylic acids is 1. The van der Waals surface area contributed by atoms with Gasteiger partial charge in [0.15, 0.2) is 0 Å². The van der Waals surface area contributed by atoms with Crippen molar-refractivity contribution in [3.63, 3.8) is 0 Å². The van der Waals surface area contributed by atoms with Crippen LogP contribution in [0.15, 0.2) is 24.3 Å². The number of benzene rings is 1. The quantitative estimate of drug-likeness (QED) is 0.707. The second-order valence-corrected chi connectivity index (χ2v) is 7.66. The molecule has 22 heavy (non-hydrogen) atoms. The number of carboxylic acids is 1. The normalized spacial score (nSPS) is 11.8. The molecule has 1 aromatic rings. The van der Waals surface area contributed by atoms with E-state index in [1.54, 1.807) is 32.0 Å². The molecule has 0 bridgehead atoms. The zero-order valence-electron chi connectivity index (χ0n) is 12.7. The van der Waals surface area contributed by atoms with E-state index in [-0.39, 0.29) is 18.7 Å². The molecule has 0 saturated heterocycles. The lowest BCUT2D eigenvalue weighted by atomic mass is 9.85. The Labute approximate surface area is 129 Å². The van der Waals surface area contributed by atoms with E-state index in [1.165, 1.54) is 6.07 Å². The summed E-state index contributed by atoms with van der Waals surface area (Å²) < 4.78 is 24.7. The predicted molar refractivity (Wildman–Crippen MR) is 84.2 cm³/mol. The largest absolute Gasteiger partial charge is 0.481 e. The Morgan fingerprint density at radius 3 is 2.32 bits per heavy atom. The van der Waals surface area contributed by atoms with E-state index >= 15 is 0 Å².